The lowest BCUT2D eigenvalue weighted by atomic mass is 10.0. The second-order valence-electron chi connectivity index (χ2n) is 6.22. The lowest BCUT2D eigenvalue weighted by Crippen LogP contribution is -2.38. The van der Waals surface area contributed by atoms with Gasteiger partial charge in [-0.3, -0.25) is 14.5 Å². The molecule has 0 heterocycles. The zero-order valence-corrected chi connectivity index (χ0v) is 17.7. The number of primary amides is 1. The maximum absolute atomic E-state index is 12.8. The van der Waals surface area contributed by atoms with Crippen LogP contribution in [0.1, 0.15) is 35.8 Å². The summed E-state index contributed by atoms with van der Waals surface area (Å²) in [5.41, 5.74) is 6.75. The third-order valence-corrected chi connectivity index (χ3v) is 5.92. The maximum Gasteiger partial charge on any atom is 0.252 e. The van der Waals surface area contributed by atoms with Gasteiger partial charge in [-0.15, -0.1) is 11.8 Å². The molecule has 0 saturated carbocycles. The molecule has 1 atom stereocenters. The van der Waals surface area contributed by atoms with E-state index in [1.165, 1.54) is 11.8 Å². The second-order valence-corrected chi connectivity index (χ2v) is 7.64. The number of nitrogens with zero attached hydrogens (tertiary/aromatic N) is 1. The maximum atomic E-state index is 12.8. The molecule has 0 radical (unpaired) electrons. The van der Waals surface area contributed by atoms with Crippen LogP contribution in [0.3, 0.4) is 0 Å². The lowest BCUT2D eigenvalue weighted by molar-refractivity contribution is -0.115. The molecule has 5 nitrogen and oxygen atoms in total. The minimum atomic E-state index is -0.416. The van der Waals surface area contributed by atoms with Crippen LogP contribution in [0.4, 0.5) is 0 Å². The van der Waals surface area contributed by atoms with Gasteiger partial charge in [0.1, 0.15) is 0 Å². The summed E-state index contributed by atoms with van der Waals surface area (Å²) >= 11 is 7.68. The first kappa shape index (κ1) is 22.3. The minimum absolute atomic E-state index is 0.0296. The van der Waals surface area contributed by atoms with Crippen LogP contribution in [-0.2, 0) is 4.79 Å². The van der Waals surface area contributed by atoms with Crippen LogP contribution in [0.25, 0.3) is 0 Å². The zero-order valence-electron chi connectivity index (χ0n) is 16.2. The highest BCUT2D eigenvalue weighted by Gasteiger charge is 2.22. The van der Waals surface area contributed by atoms with Gasteiger partial charge >= 0.3 is 0 Å². The summed E-state index contributed by atoms with van der Waals surface area (Å²) in [5.74, 6) is -0.469. The molecule has 2 aromatic carbocycles. The van der Waals surface area contributed by atoms with E-state index in [4.69, 9.17) is 17.3 Å². The molecule has 0 bridgehead atoms. The van der Waals surface area contributed by atoms with E-state index in [2.05, 4.69) is 24.1 Å². The Balaban J connectivity index is 2.18. The monoisotopic (exact) mass is 419 g/mol. The van der Waals surface area contributed by atoms with Gasteiger partial charge in [-0.1, -0.05) is 55.8 Å². The highest BCUT2D eigenvalue weighted by molar-refractivity contribution is 8.00. The van der Waals surface area contributed by atoms with E-state index in [0.717, 1.165) is 23.5 Å². The predicted molar refractivity (Wildman–Crippen MR) is 116 cm³/mol. The number of hydrogen-bond acceptors (Lipinski definition) is 4. The van der Waals surface area contributed by atoms with Crippen molar-refractivity contribution in [3.63, 3.8) is 0 Å². The number of benzene rings is 2. The minimum Gasteiger partial charge on any atom is -0.369 e. The first-order valence-corrected chi connectivity index (χ1v) is 10.6. The second kappa shape index (κ2) is 11.1. The zero-order chi connectivity index (χ0) is 20.5. The summed E-state index contributed by atoms with van der Waals surface area (Å²) in [6, 6.07) is 14.9. The highest BCUT2D eigenvalue weighted by Crippen LogP contribution is 2.27. The molecule has 2 rings (SSSR count). The Labute approximate surface area is 175 Å². The molecule has 0 aliphatic heterocycles. The van der Waals surface area contributed by atoms with E-state index < -0.39 is 5.91 Å². The molecule has 0 aliphatic rings. The molecule has 2 amide bonds. The SMILES string of the molecule is CCN(CC)C(CNC(=O)c1ccccc1SCC(N)=O)c1ccccc1Cl. The van der Waals surface area contributed by atoms with Crippen molar-refractivity contribution in [3.05, 3.63) is 64.7 Å². The number of hydrogen-bond donors (Lipinski definition) is 2. The fraction of sp³-hybridized carbons (Fsp3) is 0.333. The number of rotatable bonds is 10. The van der Waals surface area contributed by atoms with Crippen molar-refractivity contribution in [3.8, 4) is 0 Å². The molecule has 0 saturated heterocycles. The van der Waals surface area contributed by atoms with Gasteiger partial charge in [-0.05, 0) is 36.9 Å². The quantitative estimate of drug-likeness (QED) is 0.575. The van der Waals surface area contributed by atoms with Crippen molar-refractivity contribution in [2.75, 3.05) is 25.4 Å². The molecule has 0 spiro atoms. The molecule has 150 valence electrons. The summed E-state index contributed by atoms with van der Waals surface area (Å²) < 4.78 is 0. The van der Waals surface area contributed by atoms with Crippen molar-refractivity contribution < 1.29 is 9.59 Å². The van der Waals surface area contributed by atoms with Gasteiger partial charge in [-0.25, -0.2) is 0 Å². The first-order chi connectivity index (χ1) is 13.5. The van der Waals surface area contributed by atoms with Gasteiger partial charge in [0.2, 0.25) is 5.91 Å². The lowest BCUT2D eigenvalue weighted by Gasteiger charge is -2.31. The topological polar surface area (TPSA) is 75.4 Å². The van der Waals surface area contributed by atoms with E-state index >= 15 is 0 Å². The molecular weight excluding hydrogens is 394 g/mol. The van der Waals surface area contributed by atoms with Crippen molar-refractivity contribution in [2.45, 2.75) is 24.8 Å². The fourth-order valence-corrected chi connectivity index (χ4v) is 4.11. The van der Waals surface area contributed by atoms with E-state index in [1.54, 1.807) is 12.1 Å². The summed E-state index contributed by atoms with van der Waals surface area (Å²) in [4.78, 5) is 26.9. The number of carbonyl (C=O) groups is 2. The van der Waals surface area contributed by atoms with E-state index in [9.17, 15) is 9.59 Å². The Morgan fingerprint density at radius 2 is 1.75 bits per heavy atom. The van der Waals surface area contributed by atoms with Crippen LogP contribution >= 0.6 is 23.4 Å². The van der Waals surface area contributed by atoms with Crippen molar-refractivity contribution in [2.24, 2.45) is 5.73 Å². The standard InChI is InChI=1S/C21H26ClN3O2S/c1-3-25(4-2)18(15-9-5-7-11-17(15)22)13-24-21(27)16-10-6-8-12-19(16)28-14-20(23)26/h5-12,18H,3-4,13-14H2,1-2H3,(H2,23,26)(H,24,27). The number of carbonyl (C=O) groups excluding carboxylic acids is 2. The van der Waals surface area contributed by atoms with E-state index in [-0.39, 0.29) is 17.7 Å². The number of nitrogens with one attached hydrogen (secondary N) is 1. The Kier molecular flexibility index (Phi) is 8.83. The number of likely N-dealkylation sites (N-methyl/N-ethyl adjacent to an activating group) is 1. The van der Waals surface area contributed by atoms with Crippen LogP contribution in [0, 0.1) is 0 Å². The smallest absolute Gasteiger partial charge is 0.252 e. The van der Waals surface area contributed by atoms with Gasteiger partial charge in [0.05, 0.1) is 17.4 Å². The third kappa shape index (κ3) is 5.99. The van der Waals surface area contributed by atoms with Crippen molar-refractivity contribution in [1.29, 1.82) is 0 Å². The summed E-state index contributed by atoms with van der Waals surface area (Å²) in [7, 11) is 0. The average molecular weight is 420 g/mol. The van der Waals surface area contributed by atoms with Gasteiger partial charge < -0.3 is 11.1 Å². The molecule has 7 heteroatoms. The van der Waals surface area contributed by atoms with E-state index in [0.29, 0.717) is 17.1 Å². The Morgan fingerprint density at radius 3 is 2.39 bits per heavy atom. The van der Waals surface area contributed by atoms with Gasteiger partial charge in [-0.2, -0.15) is 0 Å². The molecule has 0 aliphatic carbocycles. The number of amides is 2. The summed E-state index contributed by atoms with van der Waals surface area (Å²) in [5, 5.41) is 3.72. The van der Waals surface area contributed by atoms with Gasteiger partial charge in [0, 0.05) is 16.5 Å². The largest absolute Gasteiger partial charge is 0.369 e. The predicted octanol–water partition coefficient (Wildman–Crippen LogP) is 3.73. The van der Waals surface area contributed by atoms with Crippen LogP contribution in [0.15, 0.2) is 53.4 Å². The van der Waals surface area contributed by atoms with Crippen LogP contribution in [0.5, 0.6) is 0 Å². The number of halogens is 1. The van der Waals surface area contributed by atoms with Crippen molar-refractivity contribution in [1.82, 2.24) is 10.2 Å². The summed E-state index contributed by atoms with van der Waals surface area (Å²) in [6.07, 6.45) is 0. The van der Waals surface area contributed by atoms with Gasteiger partial charge in [0.15, 0.2) is 0 Å². The van der Waals surface area contributed by atoms with Crippen LogP contribution < -0.4 is 11.1 Å². The molecule has 3 N–H and O–H groups in total. The van der Waals surface area contributed by atoms with Crippen LogP contribution in [-0.4, -0.2) is 42.1 Å². The molecular formula is C21H26ClN3O2S. The molecule has 1 unspecified atom stereocenters. The molecule has 0 aromatic heterocycles. The molecule has 28 heavy (non-hydrogen) atoms. The Morgan fingerprint density at radius 1 is 1.11 bits per heavy atom. The molecule has 2 aromatic rings. The highest BCUT2D eigenvalue weighted by atomic mass is 35.5. The third-order valence-electron chi connectivity index (χ3n) is 4.47. The first-order valence-electron chi connectivity index (χ1n) is 9.24. The number of thioether (sulfide) groups is 1. The number of nitrogens with two attached hydrogens (primary N) is 1. The molecule has 0 fully saturated rings. The fourth-order valence-electron chi connectivity index (χ4n) is 3.06. The van der Waals surface area contributed by atoms with Crippen molar-refractivity contribution >= 4 is 35.2 Å². The van der Waals surface area contributed by atoms with Gasteiger partial charge in [0.25, 0.3) is 5.91 Å². The Bertz CT molecular complexity index is 812. The summed E-state index contributed by atoms with van der Waals surface area (Å²) in [6.45, 7) is 6.29. The normalized spacial score (nSPS) is 12.0. The van der Waals surface area contributed by atoms with E-state index in [1.807, 2.05) is 36.4 Å². The van der Waals surface area contributed by atoms with Crippen LogP contribution in [0.2, 0.25) is 5.02 Å². The average Bonchev–Trinajstić information content (AvgIpc) is 2.70. The Hall–Kier alpha value is -2.02.